The van der Waals surface area contributed by atoms with Crippen LogP contribution in [0.1, 0.15) is 51.4 Å². The zero-order chi connectivity index (χ0) is 13.9. The average Bonchev–Trinajstić information content (AvgIpc) is 3.11. The van der Waals surface area contributed by atoms with E-state index in [2.05, 4.69) is 10.6 Å². The van der Waals surface area contributed by atoms with Crippen molar-refractivity contribution in [3.05, 3.63) is 0 Å². The van der Waals surface area contributed by atoms with Gasteiger partial charge in [0.2, 0.25) is 5.91 Å². The molecule has 0 aromatic rings. The lowest BCUT2D eigenvalue weighted by Crippen LogP contribution is -2.50. The number of alkyl halides is 3. The highest BCUT2D eigenvalue weighted by Gasteiger charge is 2.63. The molecule has 0 heterocycles. The van der Waals surface area contributed by atoms with Gasteiger partial charge in [0.15, 0.2) is 0 Å². The highest BCUT2D eigenvalue weighted by molar-refractivity contribution is 5.78. The molecule has 110 valence electrons. The van der Waals surface area contributed by atoms with E-state index in [0.717, 1.165) is 25.7 Å². The number of amides is 1. The first kappa shape index (κ1) is 14.6. The zero-order valence-corrected chi connectivity index (χ0v) is 11.0. The van der Waals surface area contributed by atoms with Crippen LogP contribution >= 0.6 is 0 Å². The number of halogens is 3. The van der Waals surface area contributed by atoms with Gasteiger partial charge in [-0.05, 0) is 25.7 Å². The summed E-state index contributed by atoms with van der Waals surface area (Å²) >= 11 is 0. The Labute approximate surface area is 111 Å². The molecule has 0 saturated heterocycles. The maximum atomic E-state index is 12.7. The molecule has 19 heavy (non-hydrogen) atoms. The Morgan fingerprint density at radius 1 is 1.11 bits per heavy atom. The summed E-state index contributed by atoms with van der Waals surface area (Å²) in [6, 6.07) is 0.137. The van der Waals surface area contributed by atoms with Gasteiger partial charge < -0.3 is 5.32 Å². The third kappa shape index (κ3) is 3.84. The van der Waals surface area contributed by atoms with Crippen molar-refractivity contribution in [2.45, 2.75) is 69.1 Å². The van der Waals surface area contributed by atoms with E-state index in [1.807, 2.05) is 0 Å². The third-order valence-corrected chi connectivity index (χ3v) is 4.10. The maximum absolute atomic E-state index is 12.7. The van der Waals surface area contributed by atoms with Crippen LogP contribution in [-0.4, -0.2) is 30.2 Å². The van der Waals surface area contributed by atoms with E-state index in [4.69, 9.17) is 0 Å². The fraction of sp³-hybridized carbons (Fsp3) is 0.923. The normalized spacial score (nSPS) is 23.7. The minimum Gasteiger partial charge on any atom is -0.352 e. The summed E-state index contributed by atoms with van der Waals surface area (Å²) in [6.07, 6.45) is 2.32. The van der Waals surface area contributed by atoms with Gasteiger partial charge in [0.05, 0.1) is 6.54 Å². The van der Waals surface area contributed by atoms with Crippen molar-refractivity contribution in [3.8, 4) is 0 Å². The first-order valence-electron chi connectivity index (χ1n) is 7.04. The van der Waals surface area contributed by atoms with E-state index in [9.17, 15) is 18.0 Å². The molecule has 6 heteroatoms. The Balaban J connectivity index is 1.73. The number of carbonyl (C=O) groups is 1. The molecule has 0 bridgehead atoms. The van der Waals surface area contributed by atoms with Crippen molar-refractivity contribution in [1.29, 1.82) is 0 Å². The van der Waals surface area contributed by atoms with Gasteiger partial charge in [-0.25, -0.2) is 0 Å². The first-order chi connectivity index (χ1) is 8.93. The van der Waals surface area contributed by atoms with Gasteiger partial charge in [0, 0.05) is 6.04 Å². The Hall–Kier alpha value is -0.780. The van der Waals surface area contributed by atoms with E-state index < -0.39 is 11.7 Å². The van der Waals surface area contributed by atoms with E-state index in [-0.39, 0.29) is 31.3 Å². The molecule has 0 radical (unpaired) electrons. The minimum atomic E-state index is -4.25. The fourth-order valence-corrected chi connectivity index (χ4v) is 2.64. The molecule has 2 N–H and O–H groups in total. The van der Waals surface area contributed by atoms with Crippen molar-refractivity contribution in [3.63, 3.8) is 0 Å². The molecule has 0 unspecified atom stereocenters. The first-order valence-corrected chi connectivity index (χ1v) is 7.04. The van der Waals surface area contributed by atoms with Crippen LogP contribution in [0.4, 0.5) is 13.2 Å². The fourth-order valence-electron chi connectivity index (χ4n) is 2.64. The van der Waals surface area contributed by atoms with Crippen molar-refractivity contribution in [2.24, 2.45) is 0 Å². The van der Waals surface area contributed by atoms with Gasteiger partial charge >= 0.3 is 6.18 Å². The van der Waals surface area contributed by atoms with E-state index >= 15 is 0 Å². The van der Waals surface area contributed by atoms with Gasteiger partial charge in [0.1, 0.15) is 5.54 Å². The SMILES string of the molecule is O=C(CNC1(C(F)(F)F)CC1)NC1CCCCCC1. The monoisotopic (exact) mass is 278 g/mol. The Kier molecular flexibility index (Phi) is 4.38. The van der Waals surface area contributed by atoms with Crippen molar-refractivity contribution in [1.82, 2.24) is 10.6 Å². The second-order valence-corrected chi connectivity index (χ2v) is 5.69. The summed E-state index contributed by atoms with van der Waals surface area (Å²) in [6.45, 7) is -0.240. The van der Waals surface area contributed by atoms with Crippen LogP contribution in [0.25, 0.3) is 0 Å². The van der Waals surface area contributed by atoms with Crippen LogP contribution < -0.4 is 10.6 Å². The van der Waals surface area contributed by atoms with Gasteiger partial charge in [-0.2, -0.15) is 13.2 Å². The van der Waals surface area contributed by atoms with Gasteiger partial charge in [-0.1, -0.05) is 25.7 Å². The second-order valence-electron chi connectivity index (χ2n) is 5.69. The van der Waals surface area contributed by atoms with Crippen LogP contribution in [0.2, 0.25) is 0 Å². The quantitative estimate of drug-likeness (QED) is 0.776. The number of hydrogen-bond acceptors (Lipinski definition) is 2. The molecular weight excluding hydrogens is 257 g/mol. The summed E-state index contributed by atoms with van der Waals surface area (Å²) in [5.41, 5.74) is -1.80. The molecule has 2 fully saturated rings. The predicted molar refractivity (Wildman–Crippen MR) is 65.7 cm³/mol. The number of carbonyl (C=O) groups excluding carboxylic acids is 1. The minimum absolute atomic E-state index is 0.0766. The number of nitrogens with one attached hydrogen (secondary N) is 2. The van der Waals surface area contributed by atoms with Crippen molar-refractivity contribution < 1.29 is 18.0 Å². The van der Waals surface area contributed by atoms with Crippen LogP contribution in [0.15, 0.2) is 0 Å². The zero-order valence-electron chi connectivity index (χ0n) is 11.0. The molecule has 0 aromatic heterocycles. The molecule has 2 rings (SSSR count). The molecule has 0 aromatic carbocycles. The molecule has 2 aliphatic rings. The number of hydrogen-bond donors (Lipinski definition) is 2. The lowest BCUT2D eigenvalue weighted by Gasteiger charge is -2.22. The van der Waals surface area contributed by atoms with Gasteiger partial charge in [-0.3, -0.25) is 10.1 Å². The highest BCUT2D eigenvalue weighted by Crippen LogP contribution is 2.48. The maximum Gasteiger partial charge on any atom is 0.406 e. The third-order valence-electron chi connectivity index (χ3n) is 4.10. The number of rotatable bonds is 4. The smallest absolute Gasteiger partial charge is 0.352 e. The lowest BCUT2D eigenvalue weighted by atomic mass is 10.1. The topological polar surface area (TPSA) is 41.1 Å². The molecule has 0 atom stereocenters. The Morgan fingerprint density at radius 3 is 2.16 bits per heavy atom. The van der Waals surface area contributed by atoms with Crippen molar-refractivity contribution in [2.75, 3.05) is 6.54 Å². The second kappa shape index (κ2) is 5.69. The highest BCUT2D eigenvalue weighted by atomic mass is 19.4. The molecule has 0 spiro atoms. The van der Waals surface area contributed by atoms with E-state index in [0.29, 0.717) is 0 Å². The summed E-state index contributed by atoms with van der Waals surface area (Å²) in [4.78, 5) is 11.7. The molecular formula is C13H21F3N2O. The lowest BCUT2D eigenvalue weighted by molar-refractivity contribution is -0.166. The van der Waals surface area contributed by atoms with Gasteiger partial charge in [-0.15, -0.1) is 0 Å². The van der Waals surface area contributed by atoms with Crippen molar-refractivity contribution >= 4 is 5.91 Å². The van der Waals surface area contributed by atoms with E-state index in [1.165, 1.54) is 12.8 Å². The van der Waals surface area contributed by atoms with Crippen LogP contribution in [0, 0.1) is 0 Å². The summed E-state index contributed by atoms with van der Waals surface area (Å²) < 4.78 is 38.0. The van der Waals surface area contributed by atoms with Crippen LogP contribution in [0.5, 0.6) is 0 Å². The Morgan fingerprint density at radius 2 is 1.68 bits per heavy atom. The molecule has 2 saturated carbocycles. The molecule has 2 aliphatic carbocycles. The van der Waals surface area contributed by atoms with Crippen LogP contribution in [-0.2, 0) is 4.79 Å². The van der Waals surface area contributed by atoms with E-state index in [1.54, 1.807) is 0 Å². The largest absolute Gasteiger partial charge is 0.406 e. The molecule has 3 nitrogen and oxygen atoms in total. The standard InChI is InChI=1S/C13H21F3N2O/c14-13(15,16)12(7-8-12)17-9-11(19)18-10-5-3-1-2-4-6-10/h10,17H,1-9H2,(H,18,19). The summed E-state index contributed by atoms with van der Waals surface area (Å²) in [5.74, 6) is -0.317. The molecule has 1 amide bonds. The summed E-state index contributed by atoms with van der Waals surface area (Å²) in [5, 5.41) is 5.22. The average molecular weight is 278 g/mol. The molecule has 0 aliphatic heterocycles. The van der Waals surface area contributed by atoms with Crippen LogP contribution in [0.3, 0.4) is 0 Å². The van der Waals surface area contributed by atoms with Gasteiger partial charge in [0.25, 0.3) is 0 Å². The summed E-state index contributed by atoms with van der Waals surface area (Å²) in [7, 11) is 0. The predicted octanol–water partition coefficient (Wildman–Crippen LogP) is 2.51. The Bertz CT molecular complexity index is 318.